The van der Waals surface area contributed by atoms with Crippen LogP contribution in [0.25, 0.3) is 0 Å². The Balaban J connectivity index is 0.00000242. The van der Waals surface area contributed by atoms with Crippen LogP contribution in [0.3, 0.4) is 0 Å². The van der Waals surface area contributed by atoms with Crippen LogP contribution < -0.4 is 34.6 Å². The van der Waals surface area contributed by atoms with Gasteiger partial charge in [-0.2, -0.15) is 8.42 Å². The first-order valence-corrected chi connectivity index (χ1v) is 8.10. The van der Waals surface area contributed by atoms with Gasteiger partial charge in [-0.15, -0.1) is 0 Å². The zero-order chi connectivity index (χ0) is 15.8. The summed E-state index contributed by atoms with van der Waals surface area (Å²) in [5.74, 6) is -0.799. The van der Waals surface area contributed by atoms with E-state index in [-0.39, 0.29) is 42.9 Å². The molecule has 2 rings (SSSR count). The molecule has 1 aliphatic heterocycles. The van der Waals surface area contributed by atoms with E-state index in [9.17, 15) is 13.2 Å². The third kappa shape index (κ3) is 4.08. The summed E-state index contributed by atoms with van der Waals surface area (Å²) in [6, 6.07) is 8.28. The maximum atomic E-state index is 12.6. The van der Waals surface area contributed by atoms with E-state index in [1.54, 1.807) is 12.1 Å². The zero-order valence-electron chi connectivity index (χ0n) is 14.2. The molecule has 2 unspecified atom stereocenters. The number of carbonyl (C=O) groups is 1. The van der Waals surface area contributed by atoms with Gasteiger partial charge in [0.2, 0.25) is 0 Å². The van der Waals surface area contributed by atoms with Crippen LogP contribution in [0.2, 0.25) is 0 Å². The monoisotopic (exact) mass is 337 g/mol. The first-order chi connectivity index (χ1) is 9.72. The second kappa shape index (κ2) is 7.39. The molecule has 1 aromatic rings. The van der Waals surface area contributed by atoms with Crippen LogP contribution in [0.15, 0.2) is 30.3 Å². The van der Waals surface area contributed by atoms with Crippen molar-refractivity contribution in [2.24, 2.45) is 0 Å². The maximum absolute atomic E-state index is 12.6. The summed E-state index contributed by atoms with van der Waals surface area (Å²) in [6.07, 6.45) is 0. The second-order valence-corrected chi connectivity index (χ2v) is 6.63. The van der Waals surface area contributed by atoms with Crippen molar-refractivity contribution < 1.29 is 48.7 Å². The summed E-state index contributed by atoms with van der Waals surface area (Å²) in [5, 5.41) is 3.29. The summed E-state index contributed by atoms with van der Waals surface area (Å²) in [5.41, 5.74) is 0.722. The molecule has 1 aliphatic rings. The minimum atomic E-state index is -4.17. The minimum Gasteiger partial charge on any atom is -1.00 e. The molecule has 118 valence electrons. The molecule has 22 heavy (non-hydrogen) atoms. The molecule has 0 radical (unpaired) electrons. The quantitative estimate of drug-likeness (QED) is 0.485. The number of benzene rings is 1. The second-order valence-electron chi connectivity index (χ2n) is 5.21. The van der Waals surface area contributed by atoms with E-state index in [2.05, 4.69) is 0 Å². The van der Waals surface area contributed by atoms with Crippen LogP contribution in [0, 0.1) is 0 Å². The van der Waals surface area contributed by atoms with Gasteiger partial charge in [-0.1, -0.05) is 18.2 Å². The predicted molar refractivity (Wildman–Crippen MR) is 80.2 cm³/mol. The molecule has 0 aliphatic carbocycles. The molecule has 1 fully saturated rings. The molecule has 1 saturated heterocycles. The summed E-state index contributed by atoms with van der Waals surface area (Å²) >= 11 is 0. The van der Waals surface area contributed by atoms with E-state index in [1.165, 1.54) is 17.0 Å². The molecule has 0 aromatic heterocycles. The Morgan fingerprint density at radius 3 is 2.36 bits per heavy atom. The number of nitrogens with zero attached hydrogens (tertiary/aromatic N) is 3. The van der Waals surface area contributed by atoms with Gasteiger partial charge in [-0.25, -0.2) is 10.0 Å². The predicted octanol–water partition coefficient (Wildman–Crippen LogP) is -2.47. The molecule has 9 heteroatoms. The van der Waals surface area contributed by atoms with Crippen molar-refractivity contribution in [2.45, 2.75) is 19.0 Å². The van der Waals surface area contributed by atoms with Crippen LogP contribution >= 0.6 is 0 Å². The van der Waals surface area contributed by atoms with Crippen molar-refractivity contribution in [3.05, 3.63) is 30.3 Å². The molecule has 1 heterocycles. The Morgan fingerprint density at radius 1 is 1.32 bits per heavy atom. The number of amides is 1. The minimum absolute atomic E-state index is 0. The van der Waals surface area contributed by atoms with Crippen molar-refractivity contribution >= 4 is 21.7 Å². The van der Waals surface area contributed by atoms with E-state index in [4.69, 9.17) is 4.55 Å². The molecule has 7 nitrogen and oxygen atoms in total. The van der Waals surface area contributed by atoms with Gasteiger partial charge in [-0.3, -0.25) is 14.2 Å². The van der Waals surface area contributed by atoms with E-state index >= 15 is 0 Å². The SMILES string of the molecule is CC1C(N(C)CS(=O)(=O)O)C(=O)N(c2ccccc2)N1C.[H-].[Na+]. The van der Waals surface area contributed by atoms with Crippen LogP contribution in [-0.2, 0) is 14.9 Å². The molecule has 0 spiro atoms. The van der Waals surface area contributed by atoms with Crippen LogP contribution in [0.4, 0.5) is 5.69 Å². The fourth-order valence-electron chi connectivity index (χ4n) is 2.65. The Bertz CT molecular complexity index is 631. The Hall–Kier alpha value is -0.480. The fraction of sp³-hybridized carbons (Fsp3) is 0.462. The maximum Gasteiger partial charge on any atom is 1.00 e. The summed E-state index contributed by atoms with van der Waals surface area (Å²) in [4.78, 5) is 14.0. The smallest absolute Gasteiger partial charge is 1.00 e. The van der Waals surface area contributed by atoms with Gasteiger partial charge >= 0.3 is 29.6 Å². The first kappa shape index (κ1) is 19.6. The summed E-state index contributed by atoms with van der Waals surface area (Å²) < 4.78 is 31.0. The van der Waals surface area contributed by atoms with Crippen molar-refractivity contribution in [3.8, 4) is 0 Å². The van der Waals surface area contributed by atoms with Crippen molar-refractivity contribution in [2.75, 3.05) is 25.0 Å². The number of likely N-dealkylation sites (N-methyl/N-ethyl adjacent to an activating group) is 2. The molecule has 1 amide bonds. The molecule has 1 aromatic carbocycles. The number of carbonyl (C=O) groups excluding carboxylic acids is 1. The van der Waals surface area contributed by atoms with Crippen LogP contribution in [0.5, 0.6) is 0 Å². The Kier molecular flexibility index (Phi) is 6.58. The van der Waals surface area contributed by atoms with Gasteiger partial charge in [-0.05, 0) is 26.1 Å². The summed E-state index contributed by atoms with van der Waals surface area (Å²) in [6.45, 7) is 1.84. The Labute approximate surface area is 154 Å². The van der Waals surface area contributed by atoms with Gasteiger partial charge in [0.15, 0.2) is 0 Å². The fourth-order valence-corrected chi connectivity index (χ4v) is 3.32. The average Bonchev–Trinajstić information content (AvgIpc) is 2.59. The number of hydrogen-bond donors (Lipinski definition) is 1. The largest absolute Gasteiger partial charge is 1.00 e. The number of rotatable bonds is 4. The van der Waals surface area contributed by atoms with Gasteiger partial charge in [0.25, 0.3) is 16.0 Å². The first-order valence-electron chi connectivity index (χ1n) is 6.49. The van der Waals surface area contributed by atoms with Gasteiger partial charge in [0.1, 0.15) is 11.9 Å². The normalized spacial score (nSPS) is 23.0. The molecule has 0 saturated carbocycles. The van der Waals surface area contributed by atoms with Crippen molar-refractivity contribution in [1.82, 2.24) is 9.91 Å². The van der Waals surface area contributed by atoms with Gasteiger partial charge < -0.3 is 1.43 Å². The van der Waals surface area contributed by atoms with Gasteiger partial charge in [0, 0.05) is 7.05 Å². The number of anilines is 1. The van der Waals surface area contributed by atoms with E-state index in [0.717, 1.165) is 5.69 Å². The molecule has 1 N–H and O–H groups in total. The average molecular weight is 337 g/mol. The zero-order valence-corrected chi connectivity index (χ0v) is 16.0. The van der Waals surface area contributed by atoms with Crippen molar-refractivity contribution in [1.29, 1.82) is 0 Å². The molecule has 0 bridgehead atoms. The number of para-hydroxylation sites is 1. The number of hydrogen-bond acceptors (Lipinski definition) is 5. The van der Waals surface area contributed by atoms with Crippen LogP contribution in [0.1, 0.15) is 8.35 Å². The van der Waals surface area contributed by atoms with Gasteiger partial charge in [0.05, 0.1) is 11.7 Å². The molecular weight excluding hydrogens is 317 g/mol. The van der Waals surface area contributed by atoms with Crippen LogP contribution in [-0.4, -0.2) is 60.8 Å². The standard InChI is InChI=1S/C13H19N3O4S.Na.H/c1-10-12(14(2)9-21(18,19)20)13(17)16(15(10)3)11-7-5-4-6-8-11;;/h4-8,10,12H,9H2,1-3H3,(H,18,19,20);;/q;+1;-1. The third-order valence-corrected chi connectivity index (χ3v) is 4.40. The molecule has 2 atom stereocenters. The summed E-state index contributed by atoms with van der Waals surface area (Å²) in [7, 11) is -0.887. The van der Waals surface area contributed by atoms with Crippen molar-refractivity contribution in [3.63, 3.8) is 0 Å². The van der Waals surface area contributed by atoms with E-state index < -0.39 is 22.0 Å². The molecular formula is C13H20N3NaO4S. The Morgan fingerprint density at radius 2 is 1.86 bits per heavy atom. The van der Waals surface area contributed by atoms with E-state index in [1.807, 2.05) is 37.3 Å². The van der Waals surface area contributed by atoms with E-state index in [0.29, 0.717) is 0 Å². The number of hydrazine groups is 1. The topological polar surface area (TPSA) is 81.2 Å². The third-order valence-electron chi connectivity index (χ3n) is 3.67.